The second-order valence-corrected chi connectivity index (χ2v) is 5.54. The van der Waals surface area contributed by atoms with Crippen LogP contribution < -0.4 is 4.74 Å². The third-order valence-corrected chi connectivity index (χ3v) is 3.77. The molecule has 110 valence electrons. The molecule has 0 bridgehead atoms. The second-order valence-electron chi connectivity index (χ2n) is 5.10. The van der Waals surface area contributed by atoms with Gasteiger partial charge in [-0.15, -0.1) is 0 Å². The van der Waals surface area contributed by atoms with E-state index in [1.807, 2.05) is 24.0 Å². The average Bonchev–Trinajstić information content (AvgIpc) is 2.45. The van der Waals surface area contributed by atoms with Gasteiger partial charge in [-0.3, -0.25) is 4.79 Å². The van der Waals surface area contributed by atoms with Crippen LogP contribution in [-0.4, -0.2) is 55.0 Å². The summed E-state index contributed by atoms with van der Waals surface area (Å²) in [5.74, 6) is 0.715. The van der Waals surface area contributed by atoms with E-state index in [4.69, 9.17) is 16.3 Å². The molecule has 2 rings (SSSR count). The molecule has 1 aliphatic rings. The Hall–Kier alpha value is -1.26. The summed E-state index contributed by atoms with van der Waals surface area (Å²) in [7, 11) is 2.07. The smallest absolute Gasteiger partial charge is 0.263 e. The predicted octanol–water partition coefficient (Wildman–Crippen LogP) is 2.27. The maximum atomic E-state index is 12.5. The van der Waals surface area contributed by atoms with Crippen molar-refractivity contribution >= 4 is 17.5 Å². The van der Waals surface area contributed by atoms with Crippen molar-refractivity contribution in [3.8, 4) is 5.75 Å². The van der Waals surface area contributed by atoms with Crippen molar-refractivity contribution in [2.45, 2.75) is 19.4 Å². The summed E-state index contributed by atoms with van der Waals surface area (Å²) in [5, 5.41) is 0.615. The maximum absolute atomic E-state index is 12.5. The molecule has 1 aromatic carbocycles. The van der Waals surface area contributed by atoms with Gasteiger partial charge < -0.3 is 14.5 Å². The van der Waals surface area contributed by atoms with E-state index in [2.05, 4.69) is 11.9 Å². The van der Waals surface area contributed by atoms with E-state index >= 15 is 0 Å². The first-order valence-corrected chi connectivity index (χ1v) is 7.37. The number of carbonyl (C=O) groups is 1. The highest BCUT2D eigenvalue weighted by molar-refractivity contribution is 6.30. The van der Waals surface area contributed by atoms with Gasteiger partial charge in [0.1, 0.15) is 5.75 Å². The first kappa shape index (κ1) is 15.1. The Bertz CT molecular complexity index is 459. The van der Waals surface area contributed by atoms with E-state index in [9.17, 15) is 4.79 Å². The molecule has 1 fully saturated rings. The van der Waals surface area contributed by atoms with Crippen molar-refractivity contribution in [1.29, 1.82) is 0 Å². The van der Waals surface area contributed by atoms with Crippen LogP contribution in [0.1, 0.15) is 13.3 Å². The van der Waals surface area contributed by atoms with Gasteiger partial charge in [0.15, 0.2) is 6.10 Å². The highest BCUT2D eigenvalue weighted by Gasteiger charge is 2.26. The SMILES string of the molecule is CCC(Oc1cccc(Cl)c1)C(=O)N1CCN(C)CC1. The number of amides is 1. The molecule has 0 aromatic heterocycles. The molecular weight excluding hydrogens is 276 g/mol. The molecule has 20 heavy (non-hydrogen) atoms. The lowest BCUT2D eigenvalue weighted by atomic mass is 10.2. The van der Waals surface area contributed by atoms with E-state index in [0.29, 0.717) is 17.2 Å². The maximum Gasteiger partial charge on any atom is 0.263 e. The van der Waals surface area contributed by atoms with Gasteiger partial charge in [0.05, 0.1) is 0 Å². The van der Waals surface area contributed by atoms with E-state index in [-0.39, 0.29) is 5.91 Å². The highest BCUT2D eigenvalue weighted by atomic mass is 35.5. The lowest BCUT2D eigenvalue weighted by Crippen LogP contribution is -2.51. The number of hydrogen-bond acceptors (Lipinski definition) is 3. The molecule has 1 aromatic rings. The number of carbonyl (C=O) groups excluding carboxylic acids is 1. The minimum atomic E-state index is -0.433. The minimum absolute atomic E-state index is 0.0700. The number of benzene rings is 1. The van der Waals surface area contributed by atoms with E-state index in [1.165, 1.54) is 0 Å². The van der Waals surface area contributed by atoms with E-state index in [0.717, 1.165) is 26.2 Å². The van der Waals surface area contributed by atoms with Gasteiger partial charge in [0.25, 0.3) is 5.91 Å². The van der Waals surface area contributed by atoms with Crippen molar-refractivity contribution in [1.82, 2.24) is 9.80 Å². The number of nitrogens with zero attached hydrogens (tertiary/aromatic N) is 2. The Morgan fingerprint density at radius 1 is 1.35 bits per heavy atom. The zero-order valence-corrected chi connectivity index (χ0v) is 12.8. The second kappa shape index (κ2) is 6.95. The lowest BCUT2D eigenvalue weighted by molar-refractivity contribution is -0.140. The van der Waals surface area contributed by atoms with Crippen LogP contribution in [0.3, 0.4) is 0 Å². The van der Waals surface area contributed by atoms with Crippen LogP contribution in [0.25, 0.3) is 0 Å². The first-order valence-electron chi connectivity index (χ1n) is 6.99. The molecule has 4 nitrogen and oxygen atoms in total. The topological polar surface area (TPSA) is 32.8 Å². The minimum Gasteiger partial charge on any atom is -0.481 e. The van der Waals surface area contributed by atoms with Crippen LogP contribution in [0.15, 0.2) is 24.3 Å². The number of rotatable bonds is 4. The third-order valence-electron chi connectivity index (χ3n) is 3.54. The van der Waals surface area contributed by atoms with Gasteiger partial charge >= 0.3 is 0 Å². The molecule has 1 unspecified atom stereocenters. The molecule has 1 amide bonds. The summed E-state index contributed by atoms with van der Waals surface area (Å²) in [6, 6.07) is 7.18. The molecule has 5 heteroatoms. The Morgan fingerprint density at radius 3 is 2.65 bits per heavy atom. The highest BCUT2D eigenvalue weighted by Crippen LogP contribution is 2.20. The molecule has 0 N–H and O–H groups in total. The van der Waals surface area contributed by atoms with E-state index in [1.54, 1.807) is 12.1 Å². The number of ether oxygens (including phenoxy) is 1. The van der Waals surface area contributed by atoms with Crippen LogP contribution in [-0.2, 0) is 4.79 Å². The van der Waals surface area contributed by atoms with Crippen molar-refractivity contribution in [2.75, 3.05) is 33.2 Å². The molecule has 0 radical (unpaired) electrons. The summed E-state index contributed by atoms with van der Waals surface area (Å²) in [4.78, 5) is 16.6. The number of piperazine rings is 1. The summed E-state index contributed by atoms with van der Waals surface area (Å²) in [6.07, 6.45) is 0.217. The summed E-state index contributed by atoms with van der Waals surface area (Å²) < 4.78 is 5.80. The Morgan fingerprint density at radius 2 is 2.05 bits per heavy atom. The fourth-order valence-electron chi connectivity index (χ4n) is 2.24. The zero-order valence-electron chi connectivity index (χ0n) is 12.0. The van der Waals surface area contributed by atoms with Gasteiger partial charge in [-0.1, -0.05) is 24.6 Å². The quantitative estimate of drug-likeness (QED) is 0.854. The number of hydrogen-bond donors (Lipinski definition) is 0. The van der Waals surface area contributed by atoms with Gasteiger partial charge in [0.2, 0.25) is 0 Å². The lowest BCUT2D eigenvalue weighted by Gasteiger charge is -2.34. The molecule has 1 aliphatic heterocycles. The van der Waals surface area contributed by atoms with Gasteiger partial charge in [-0.05, 0) is 31.7 Å². The fraction of sp³-hybridized carbons (Fsp3) is 0.533. The van der Waals surface area contributed by atoms with Crippen LogP contribution in [0.5, 0.6) is 5.75 Å². The number of likely N-dealkylation sites (N-methyl/N-ethyl adjacent to an activating group) is 1. The molecule has 0 aliphatic carbocycles. The summed E-state index contributed by atoms with van der Waals surface area (Å²) in [6.45, 7) is 5.33. The standard InChI is InChI=1S/C15H21ClN2O2/c1-3-14(20-13-6-4-5-12(16)11-13)15(19)18-9-7-17(2)8-10-18/h4-6,11,14H,3,7-10H2,1-2H3. The molecule has 1 saturated heterocycles. The summed E-state index contributed by atoms with van der Waals surface area (Å²) >= 11 is 5.93. The molecule has 0 saturated carbocycles. The normalized spacial score (nSPS) is 17.9. The zero-order chi connectivity index (χ0) is 14.5. The van der Waals surface area contributed by atoms with Crippen LogP contribution in [0.4, 0.5) is 0 Å². The molecule has 1 heterocycles. The summed E-state index contributed by atoms with van der Waals surface area (Å²) in [5.41, 5.74) is 0. The van der Waals surface area contributed by atoms with E-state index < -0.39 is 6.10 Å². The Balaban J connectivity index is 1.99. The fourth-order valence-corrected chi connectivity index (χ4v) is 2.42. The van der Waals surface area contributed by atoms with Gasteiger partial charge in [-0.2, -0.15) is 0 Å². The van der Waals surface area contributed by atoms with Crippen molar-refractivity contribution < 1.29 is 9.53 Å². The van der Waals surface area contributed by atoms with Crippen molar-refractivity contribution in [2.24, 2.45) is 0 Å². The van der Waals surface area contributed by atoms with Gasteiger partial charge in [0, 0.05) is 31.2 Å². The molecule has 0 spiro atoms. The Labute approximate surface area is 125 Å². The van der Waals surface area contributed by atoms with Crippen LogP contribution in [0.2, 0.25) is 5.02 Å². The predicted molar refractivity (Wildman–Crippen MR) is 80.2 cm³/mol. The average molecular weight is 297 g/mol. The van der Waals surface area contributed by atoms with Crippen LogP contribution >= 0.6 is 11.6 Å². The molecular formula is C15H21ClN2O2. The molecule has 1 atom stereocenters. The van der Waals surface area contributed by atoms with Gasteiger partial charge in [-0.25, -0.2) is 0 Å². The third kappa shape index (κ3) is 3.87. The van der Waals surface area contributed by atoms with Crippen molar-refractivity contribution in [3.63, 3.8) is 0 Å². The van der Waals surface area contributed by atoms with Crippen LogP contribution in [0, 0.1) is 0 Å². The Kier molecular flexibility index (Phi) is 5.26. The van der Waals surface area contributed by atoms with Crippen molar-refractivity contribution in [3.05, 3.63) is 29.3 Å². The number of halogens is 1. The largest absolute Gasteiger partial charge is 0.481 e. The monoisotopic (exact) mass is 296 g/mol. The first-order chi connectivity index (χ1) is 9.60.